The van der Waals surface area contributed by atoms with Crippen molar-refractivity contribution in [2.45, 2.75) is 6.92 Å². The standard InChI is InChI=1S/C18H21FN2O3/c1-2-23-11-12-24-17-6-4-3-5-16(17)20-13-18(22)21-15-9-7-14(19)8-10-15/h3-10,20H,2,11-13H2,1H3,(H,21,22). The molecule has 0 aliphatic carbocycles. The van der Waals surface area contributed by atoms with Crippen LogP contribution in [0.25, 0.3) is 0 Å². The third-order valence-electron chi connectivity index (χ3n) is 3.14. The summed E-state index contributed by atoms with van der Waals surface area (Å²) < 4.78 is 23.7. The number of hydrogen-bond donors (Lipinski definition) is 2. The van der Waals surface area contributed by atoms with E-state index in [2.05, 4.69) is 10.6 Å². The number of ether oxygens (including phenoxy) is 2. The van der Waals surface area contributed by atoms with Crippen LogP contribution in [0, 0.1) is 5.82 Å². The first-order valence-corrected chi connectivity index (χ1v) is 7.78. The van der Waals surface area contributed by atoms with Gasteiger partial charge < -0.3 is 20.1 Å². The van der Waals surface area contributed by atoms with E-state index in [-0.39, 0.29) is 18.3 Å². The minimum absolute atomic E-state index is 0.0726. The van der Waals surface area contributed by atoms with Gasteiger partial charge in [0.1, 0.15) is 18.2 Å². The van der Waals surface area contributed by atoms with Crippen molar-refractivity contribution in [2.75, 3.05) is 37.0 Å². The van der Waals surface area contributed by atoms with E-state index in [4.69, 9.17) is 9.47 Å². The molecule has 0 saturated heterocycles. The number of halogens is 1. The van der Waals surface area contributed by atoms with Crippen LogP contribution in [0.3, 0.4) is 0 Å². The summed E-state index contributed by atoms with van der Waals surface area (Å²) in [5.41, 5.74) is 1.27. The molecule has 0 fully saturated rings. The molecular weight excluding hydrogens is 311 g/mol. The van der Waals surface area contributed by atoms with E-state index in [1.54, 1.807) is 0 Å². The van der Waals surface area contributed by atoms with Crippen LogP contribution in [0.4, 0.5) is 15.8 Å². The molecule has 2 N–H and O–H groups in total. The zero-order valence-electron chi connectivity index (χ0n) is 13.5. The maximum absolute atomic E-state index is 12.8. The van der Waals surface area contributed by atoms with E-state index in [9.17, 15) is 9.18 Å². The zero-order valence-corrected chi connectivity index (χ0v) is 13.5. The summed E-state index contributed by atoms with van der Waals surface area (Å²) >= 11 is 0. The highest BCUT2D eigenvalue weighted by molar-refractivity contribution is 5.93. The van der Waals surface area contributed by atoms with Crippen LogP contribution < -0.4 is 15.4 Å². The number of nitrogens with one attached hydrogen (secondary N) is 2. The summed E-state index contributed by atoms with van der Waals surface area (Å²) in [6.45, 7) is 3.59. The van der Waals surface area contributed by atoms with E-state index in [0.717, 1.165) is 5.69 Å². The lowest BCUT2D eigenvalue weighted by molar-refractivity contribution is -0.114. The molecule has 0 atom stereocenters. The van der Waals surface area contributed by atoms with Crippen molar-refractivity contribution in [1.82, 2.24) is 0 Å². The van der Waals surface area contributed by atoms with E-state index in [1.165, 1.54) is 24.3 Å². The molecular formula is C18H21FN2O3. The van der Waals surface area contributed by atoms with Gasteiger partial charge in [0.05, 0.1) is 18.8 Å². The molecule has 6 heteroatoms. The molecule has 0 saturated carbocycles. The topological polar surface area (TPSA) is 59.6 Å². The molecule has 0 aliphatic rings. The number of anilines is 2. The van der Waals surface area contributed by atoms with E-state index >= 15 is 0 Å². The summed E-state index contributed by atoms with van der Waals surface area (Å²) in [5, 5.41) is 5.72. The first-order chi connectivity index (χ1) is 11.7. The van der Waals surface area contributed by atoms with Crippen molar-refractivity contribution < 1.29 is 18.7 Å². The van der Waals surface area contributed by atoms with Crippen LogP contribution in [0.1, 0.15) is 6.92 Å². The van der Waals surface area contributed by atoms with Crippen LogP contribution in [-0.4, -0.2) is 32.3 Å². The van der Waals surface area contributed by atoms with Gasteiger partial charge in [0, 0.05) is 12.3 Å². The van der Waals surface area contributed by atoms with Crippen molar-refractivity contribution in [3.8, 4) is 5.75 Å². The zero-order chi connectivity index (χ0) is 17.2. The molecule has 2 aromatic carbocycles. The highest BCUT2D eigenvalue weighted by Crippen LogP contribution is 2.23. The summed E-state index contributed by atoms with van der Waals surface area (Å²) in [7, 11) is 0. The summed E-state index contributed by atoms with van der Waals surface area (Å²) in [6.07, 6.45) is 0. The number of carbonyl (C=O) groups excluding carboxylic acids is 1. The summed E-state index contributed by atoms with van der Waals surface area (Å²) in [5.74, 6) is 0.0850. The first-order valence-electron chi connectivity index (χ1n) is 7.78. The monoisotopic (exact) mass is 332 g/mol. The third-order valence-corrected chi connectivity index (χ3v) is 3.14. The lowest BCUT2D eigenvalue weighted by Gasteiger charge is -2.13. The number of carbonyl (C=O) groups is 1. The molecule has 0 unspecified atom stereocenters. The van der Waals surface area contributed by atoms with Crippen LogP contribution >= 0.6 is 0 Å². The van der Waals surface area contributed by atoms with Crippen molar-refractivity contribution >= 4 is 17.3 Å². The average molecular weight is 332 g/mol. The maximum atomic E-state index is 12.8. The Morgan fingerprint density at radius 3 is 2.58 bits per heavy atom. The van der Waals surface area contributed by atoms with E-state index in [0.29, 0.717) is 31.3 Å². The molecule has 24 heavy (non-hydrogen) atoms. The van der Waals surface area contributed by atoms with Gasteiger partial charge in [0.2, 0.25) is 5.91 Å². The predicted molar refractivity (Wildman–Crippen MR) is 91.9 cm³/mol. The van der Waals surface area contributed by atoms with E-state index < -0.39 is 0 Å². The van der Waals surface area contributed by atoms with Crippen molar-refractivity contribution in [1.29, 1.82) is 0 Å². The minimum Gasteiger partial charge on any atom is -0.489 e. The van der Waals surface area contributed by atoms with Gasteiger partial charge >= 0.3 is 0 Å². The van der Waals surface area contributed by atoms with Gasteiger partial charge in [0.15, 0.2) is 0 Å². The Labute approximate surface area is 140 Å². The lowest BCUT2D eigenvalue weighted by atomic mass is 10.3. The van der Waals surface area contributed by atoms with E-state index in [1.807, 2.05) is 31.2 Å². The number of rotatable bonds is 9. The summed E-state index contributed by atoms with van der Waals surface area (Å²) in [6, 6.07) is 13.0. The normalized spacial score (nSPS) is 10.2. The second kappa shape index (κ2) is 9.52. The molecule has 128 valence electrons. The van der Waals surface area contributed by atoms with Gasteiger partial charge in [0.25, 0.3) is 0 Å². The van der Waals surface area contributed by atoms with Crippen LogP contribution in [0.2, 0.25) is 0 Å². The second-order valence-corrected chi connectivity index (χ2v) is 4.95. The Bertz CT molecular complexity index is 647. The molecule has 1 amide bonds. The number of amides is 1. The molecule has 0 bridgehead atoms. The Morgan fingerprint density at radius 2 is 1.83 bits per heavy atom. The Hall–Kier alpha value is -2.60. The van der Waals surface area contributed by atoms with Crippen LogP contribution in [0.15, 0.2) is 48.5 Å². The quantitative estimate of drug-likeness (QED) is 0.692. The van der Waals surface area contributed by atoms with Crippen LogP contribution in [-0.2, 0) is 9.53 Å². The third kappa shape index (κ3) is 5.89. The average Bonchev–Trinajstić information content (AvgIpc) is 2.60. The molecule has 0 aliphatic heterocycles. The molecule has 2 aromatic rings. The molecule has 0 aromatic heterocycles. The second-order valence-electron chi connectivity index (χ2n) is 4.95. The number of hydrogen-bond acceptors (Lipinski definition) is 4. The molecule has 0 spiro atoms. The smallest absolute Gasteiger partial charge is 0.243 e. The fourth-order valence-electron chi connectivity index (χ4n) is 2.01. The van der Waals surface area contributed by atoms with Crippen molar-refractivity contribution in [3.05, 3.63) is 54.3 Å². The fourth-order valence-corrected chi connectivity index (χ4v) is 2.01. The number of benzene rings is 2. The summed E-state index contributed by atoms with van der Waals surface area (Å²) in [4.78, 5) is 12.0. The predicted octanol–water partition coefficient (Wildman–Crippen LogP) is 3.29. The minimum atomic E-state index is -0.343. The van der Waals surface area contributed by atoms with Gasteiger partial charge in [-0.1, -0.05) is 12.1 Å². The van der Waals surface area contributed by atoms with Crippen LogP contribution in [0.5, 0.6) is 5.75 Å². The van der Waals surface area contributed by atoms with Gasteiger partial charge in [-0.2, -0.15) is 0 Å². The van der Waals surface area contributed by atoms with Gasteiger partial charge in [-0.15, -0.1) is 0 Å². The molecule has 0 radical (unpaired) electrons. The Balaban J connectivity index is 1.84. The maximum Gasteiger partial charge on any atom is 0.243 e. The molecule has 0 heterocycles. The number of para-hydroxylation sites is 2. The Morgan fingerprint density at radius 1 is 1.08 bits per heavy atom. The Kier molecular flexibility index (Phi) is 7.04. The molecule has 2 rings (SSSR count). The molecule has 5 nitrogen and oxygen atoms in total. The first kappa shape index (κ1) is 17.7. The fraction of sp³-hybridized carbons (Fsp3) is 0.278. The lowest BCUT2D eigenvalue weighted by Crippen LogP contribution is -2.22. The van der Waals surface area contributed by atoms with Gasteiger partial charge in [-0.3, -0.25) is 4.79 Å². The van der Waals surface area contributed by atoms with Crippen molar-refractivity contribution in [2.24, 2.45) is 0 Å². The largest absolute Gasteiger partial charge is 0.489 e. The van der Waals surface area contributed by atoms with Gasteiger partial charge in [-0.05, 0) is 43.3 Å². The highest BCUT2D eigenvalue weighted by atomic mass is 19.1. The van der Waals surface area contributed by atoms with Gasteiger partial charge in [-0.25, -0.2) is 4.39 Å². The van der Waals surface area contributed by atoms with Crippen molar-refractivity contribution in [3.63, 3.8) is 0 Å². The SMILES string of the molecule is CCOCCOc1ccccc1NCC(=O)Nc1ccc(F)cc1. The highest BCUT2D eigenvalue weighted by Gasteiger charge is 2.06.